The fourth-order valence-corrected chi connectivity index (χ4v) is 3.33. The molecule has 2 aliphatic heterocycles. The topological polar surface area (TPSA) is 38.7 Å². The summed E-state index contributed by atoms with van der Waals surface area (Å²) in [6.45, 7) is 4.48. The van der Waals surface area contributed by atoms with Gasteiger partial charge in [-0.3, -0.25) is 0 Å². The Bertz CT molecular complexity index is 894. The van der Waals surface area contributed by atoms with E-state index in [9.17, 15) is 5.11 Å². The zero-order valence-corrected chi connectivity index (χ0v) is 14.8. The third-order valence-corrected chi connectivity index (χ3v) is 4.64. The normalized spacial score (nSPS) is 17.2. The third-order valence-electron chi connectivity index (χ3n) is 4.28. The number of phenols is 1. The third kappa shape index (κ3) is 2.59. The maximum Gasteiger partial charge on any atom is 0.137 e. The quantitative estimate of drug-likeness (QED) is 0.799. The summed E-state index contributed by atoms with van der Waals surface area (Å²) in [5.41, 5.74) is 3.44. The Hall–Kier alpha value is -2.25. The van der Waals surface area contributed by atoms with E-state index in [1.54, 1.807) is 6.07 Å². The number of aromatic hydroxyl groups is 1. The Balaban J connectivity index is 1.78. The first-order chi connectivity index (χ1) is 11.4. The van der Waals surface area contributed by atoms with Crippen LogP contribution >= 0.6 is 9.24 Å². The van der Waals surface area contributed by atoms with Crippen LogP contribution in [0.3, 0.4) is 0 Å². The maximum absolute atomic E-state index is 10.2. The molecular weight excluding hydrogens is 319 g/mol. The van der Waals surface area contributed by atoms with E-state index in [-0.39, 0.29) is 11.4 Å². The second-order valence-corrected chi connectivity index (χ2v) is 7.34. The van der Waals surface area contributed by atoms with Crippen LogP contribution < -0.4 is 14.8 Å². The molecule has 4 heteroatoms. The van der Waals surface area contributed by atoms with Crippen molar-refractivity contribution in [3.8, 4) is 17.2 Å². The number of fused-ring (bicyclic) bond motifs is 3. The minimum atomic E-state index is -0.303. The van der Waals surface area contributed by atoms with Crippen LogP contribution in [0.15, 0.2) is 36.4 Å². The second kappa shape index (κ2) is 5.39. The molecule has 2 aromatic rings. The minimum Gasteiger partial charge on any atom is -0.507 e. The van der Waals surface area contributed by atoms with Gasteiger partial charge in [0.15, 0.2) is 0 Å². The Kier molecular flexibility index (Phi) is 3.43. The highest BCUT2D eigenvalue weighted by Crippen LogP contribution is 2.43. The Labute approximate surface area is 143 Å². The molecule has 1 atom stereocenters. The largest absolute Gasteiger partial charge is 0.507 e. The molecule has 0 radical (unpaired) electrons. The predicted molar refractivity (Wildman–Crippen MR) is 101 cm³/mol. The summed E-state index contributed by atoms with van der Waals surface area (Å²) in [7, 11) is 2.59. The monoisotopic (exact) mass is 338 g/mol. The van der Waals surface area contributed by atoms with Gasteiger partial charge in [0.2, 0.25) is 0 Å². The van der Waals surface area contributed by atoms with Crippen LogP contribution in [0, 0.1) is 0 Å². The Morgan fingerprint density at radius 2 is 2.00 bits per heavy atom. The van der Waals surface area contributed by atoms with E-state index < -0.39 is 0 Å². The van der Waals surface area contributed by atoms with Crippen molar-refractivity contribution < 1.29 is 14.6 Å². The lowest BCUT2D eigenvalue weighted by atomic mass is 9.95. The van der Waals surface area contributed by atoms with Crippen LogP contribution in [-0.2, 0) is 0 Å². The van der Waals surface area contributed by atoms with Gasteiger partial charge in [-0.05, 0) is 55.6 Å². The lowest BCUT2D eigenvalue weighted by molar-refractivity contribution is 0.158. The Morgan fingerprint density at radius 1 is 1.17 bits per heavy atom. The van der Waals surface area contributed by atoms with Crippen molar-refractivity contribution >= 4 is 32.3 Å². The lowest BCUT2D eigenvalue weighted by Gasteiger charge is -2.30. The van der Waals surface area contributed by atoms with Crippen molar-refractivity contribution in [2.24, 2.45) is 0 Å². The molecule has 0 amide bonds. The molecule has 2 aromatic carbocycles. The SMILES string of the molecule is CC1(C)C=Cc2c(ccc3c2OCC(c2ccc(P)cc2O)=C3)O1. The fourth-order valence-electron chi connectivity index (χ4n) is 3.08. The van der Waals surface area contributed by atoms with Crippen molar-refractivity contribution in [3.05, 3.63) is 53.1 Å². The highest BCUT2D eigenvalue weighted by molar-refractivity contribution is 7.27. The van der Waals surface area contributed by atoms with E-state index in [1.807, 2.05) is 44.2 Å². The summed E-state index contributed by atoms with van der Waals surface area (Å²) in [5.74, 6) is 1.95. The molecule has 24 heavy (non-hydrogen) atoms. The molecule has 1 unspecified atom stereocenters. The van der Waals surface area contributed by atoms with Crippen LogP contribution in [0.5, 0.6) is 17.2 Å². The van der Waals surface area contributed by atoms with Crippen LogP contribution in [-0.4, -0.2) is 17.3 Å². The first-order valence-electron chi connectivity index (χ1n) is 7.90. The molecule has 2 heterocycles. The van der Waals surface area contributed by atoms with Crippen molar-refractivity contribution in [3.63, 3.8) is 0 Å². The van der Waals surface area contributed by atoms with E-state index >= 15 is 0 Å². The lowest BCUT2D eigenvalue weighted by Crippen LogP contribution is -2.27. The first kappa shape index (κ1) is 15.3. The van der Waals surface area contributed by atoms with Crippen molar-refractivity contribution in [1.82, 2.24) is 0 Å². The van der Waals surface area contributed by atoms with E-state index in [1.165, 1.54) is 0 Å². The van der Waals surface area contributed by atoms with E-state index in [0.717, 1.165) is 39.1 Å². The summed E-state index contributed by atoms with van der Waals surface area (Å²) in [6, 6.07) is 9.60. The highest BCUT2D eigenvalue weighted by Gasteiger charge is 2.26. The molecule has 0 fully saturated rings. The van der Waals surface area contributed by atoms with Crippen molar-refractivity contribution in [2.75, 3.05) is 6.61 Å². The number of hydrogen-bond acceptors (Lipinski definition) is 3. The maximum atomic E-state index is 10.2. The minimum absolute atomic E-state index is 0.267. The van der Waals surface area contributed by atoms with Gasteiger partial charge in [0.1, 0.15) is 29.5 Å². The summed E-state index contributed by atoms with van der Waals surface area (Å²) in [4.78, 5) is 0. The van der Waals surface area contributed by atoms with Gasteiger partial charge in [-0.25, -0.2) is 0 Å². The molecule has 3 nitrogen and oxygen atoms in total. The Morgan fingerprint density at radius 3 is 2.79 bits per heavy atom. The fraction of sp³-hybridized carbons (Fsp3) is 0.200. The molecule has 0 spiro atoms. The van der Waals surface area contributed by atoms with Gasteiger partial charge >= 0.3 is 0 Å². The number of rotatable bonds is 1. The zero-order chi connectivity index (χ0) is 16.9. The molecule has 2 aliphatic rings. The number of hydrogen-bond donors (Lipinski definition) is 1. The molecule has 0 saturated heterocycles. The highest BCUT2D eigenvalue weighted by atomic mass is 31.0. The smallest absolute Gasteiger partial charge is 0.137 e. The van der Waals surface area contributed by atoms with Crippen LogP contribution in [0.1, 0.15) is 30.5 Å². The summed E-state index contributed by atoms with van der Waals surface area (Å²) >= 11 is 0. The van der Waals surface area contributed by atoms with Gasteiger partial charge in [-0.2, -0.15) is 0 Å². The molecule has 0 bridgehead atoms. The summed E-state index contributed by atoms with van der Waals surface area (Å²) in [6.07, 6.45) is 6.18. The molecule has 0 aliphatic carbocycles. The van der Waals surface area contributed by atoms with Crippen LogP contribution in [0.4, 0.5) is 0 Å². The average Bonchev–Trinajstić information content (AvgIpc) is 2.53. The standard InChI is InChI=1S/C20H19O3P/c1-20(2)8-7-16-18(23-20)6-3-12-9-13(11-22-19(12)16)15-5-4-14(24)10-17(15)21/h3-10,21H,11,24H2,1-2H3. The second-order valence-electron chi connectivity index (χ2n) is 6.67. The number of ether oxygens (including phenoxy) is 2. The molecule has 1 N–H and O–H groups in total. The van der Waals surface area contributed by atoms with Gasteiger partial charge in [-0.1, -0.05) is 12.1 Å². The molecular formula is C20H19O3P. The van der Waals surface area contributed by atoms with Crippen molar-refractivity contribution in [2.45, 2.75) is 19.4 Å². The van der Waals surface area contributed by atoms with Crippen LogP contribution in [0.2, 0.25) is 0 Å². The van der Waals surface area contributed by atoms with Gasteiger partial charge in [0.25, 0.3) is 0 Å². The van der Waals surface area contributed by atoms with Gasteiger partial charge in [0, 0.05) is 16.7 Å². The van der Waals surface area contributed by atoms with Crippen molar-refractivity contribution in [1.29, 1.82) is 0 Å². The van der Waals surface area contributed by atoms with Crippen LogP contribution in [0.25, 0.3) is 17.7 Å². The van der Waals surface area contributed by atoms with E-state index in [2.05, 4.69) is 21.4 Å². The first-order valence-corrected chi connectivity index (χ1v) is 8.48. The molecule has 122 valence electrons. The van der Waals surface area contributed by atoms with E-state index in [0.29, 0.717) is 6.61 Å². The summed E-state index contributed by atoms with van der Waals surface area (Å²) < 4.78 is 12.0. The molecule has 4 rings (SSSR count). The zero-order valence-electron chi connectivity index (χ0n) is 13.7. The number of benzene rings is 2. The molecule has 0 aromatic heterocycles. The van der Waals surface area contributed by atoms with Gasteiger partial charge in [-0.15, -0.1) is 9.24 Å². The average molecular weight is 338 g/mol. The van der Waals surface area contributed by atoms with Gasteiger partial charge in [0.05, 0.1) is 5.56 Å². The summed E-state index contributed by atoms with van der Waals surface area (Å²) in [5, 5.41) is 11.2. The molecule has 0 saturated carbocycles. The van der Waals surface area contributed by atoms with E-state index in [4.69, 9.17) is 9.47 Å². The van der Waals surface area contributed by atoms with Gasteiger partial charge < -0.3 is 14.6 Å². The predicted octanol–water partition coefficient (Wildman–Crippen LogP) is 4.01. The number of phenolic OH excluding ortho intramolecular Hbond substituents is 1.